The molecular weight excluding hydrogens is 242 g/mol. The Morgan fingerprint density at radius 2 is 2.16 bits per heavy atom. The molecule has 4 heteroatoms. The maximum Gasteiger partial charge on any atom is 0.267 e. The van der Waals surface area contributed by atoms with Gasteiger partial charge in [0.05, 0.1) is 12.3 Å². The van der Waals surface area contributed by atoms with Crippen LogP contribution in [0.25, 0.3) is 0 Å². The van der Waals surface area contributed by atoms with Crippen LogP contribution in [0.5, 0.6) is 5.75 Å². The van der Waals surface area contributed by atoms with Crippen molar-refractivity contribution in [2.45, 2.75) is 39.9 Å². The highest BCUT2D eigenvalue weighted by atomic mass is 16.5. The Labute approximate surface area is 114 Å². The average Bonchev–Trinajstić information content (AvgIpc) is 2.38. The Kier molecular flexibility index (Phi) is 4.10. The molecule has 0 fully saturated rings. The number of aliphatic hydroxyl groups excluding tert-OH is 1. The number of ether oxygens (including phenoxy) is 1. The summed E-state index contributed by atoms with van der Waals surface area (Å²) in [5.41, 5.74) is 1.56. The molecule has 4 nitrogen and oxygen atoms in total. The van der Waals surface area contributed by atoms with Gasteiger partial charge in [-0.15, -0.1) is 0 Å². The molecule has 0 spiro atoms. The molecule has 2 rings (SSSR count). The van der Waals surface area contributed by atoms with Crippen molar-refractivity contribution in [1.29, 1.82) is 0 Å². The Hall–Kier alpha value is -1.55. The fraction of sp³-hybridized carbons (Fsp3) is 0.533. The zero-order valence-electron chi connectivity index (χ0n) is 11.7. The van der Waals surface area contributed by atoms with E-state index in [1.807, 2.05) is 18.2 Å². The summed E-state index contributed by atoms with van der Waals surface area (Å²) in [5.74, 6) is 1.24. The van der Waals surface area contributed by atoms with Crippen LogP contribution in [0.1, 0.15) is 32.8 Å². The molecule has 1 amide bonds. The first kappa shape index (κ1) is 13.9. The third-order valence-corrected chi connectivity index (χ3v) is 3.34. The number of carbonyl (C=O) groups excluding carboxylic acids is 1. The van der Waals surface area contributed by atoms with Crippen LogP contribution in [-0.4, -0.2) is 23.7 Å². The second-order valence-corrected chi connectivity index (χ2v) is 5.39. The SMILES string of the molecule is CC(C)CCN1C(=O)C(C)Oc2ccc(CO)cc21. The fourth-order valence-corrected chi connectivity index (χ4v) is 2.17. The average molecular weight is 263 g/mol. The number of nitrogens with zero attached hydrogens (tertiary/aromatic N) is 1. The monoisotopic (exact) mass is 263 g/mol. The molecule has 0 radical (unpaired) electrons. The van der Waals surface area contributed by atoms with E-state index >= 15 is 0 Å². The van der Waals surface area contributed by atoms with E-state index in [0.717, 1.165) is 17.7 Å². The second kappa shape index (κ2) is 5.61. The highest BCUT2D eigenvalue weighted by Crippen LogP contribution is 2.35. The predicted octanol–water partition coefficient (Wildman–Crippen LogP) is 2.34. The number of amides is 1. The predicted molar refractivity (Wildman–Crippen MR) is 74.3 cm³/mol. The maximum absolute atomic E-state index is 12.2. The molecule has 1 aromatic carbocycles. The van der Waals surface area contributed by atoms with Crippen LogP contribution in [0.2, 0.25) is 0 Å². The van der Waals surface area contributed by atoms with Gasteiger partial charge in [0, 0.05) is 6.54 Å². The summed E-state index contributed by atoms with van der Waals surface area (Å²) in [6.07, 6.45) is 0.501. The lowest BCUT2D eigenvalue weighted by molar-refractivity contribution is -0.125. The van der Waals surface area contributed by atoms with E-state index in [0.29, 0.717) is 18.2 Å². The van der Waals surface area contributed by atoms with Gasteiger partial charge in [0.15, 0.2) is 6.10 Å². The molecule has 0 aliphatic carbocycles. The molecule has 0 bridgehead atoms. The molecular formula is C15H21NO3. The number of rotatable bonds is 4. The van der Waals surface area contributed by atoms with Gasteiger partial charge in [0.1, 0.15) is 5.75 Å². The molecule has 0 saturated heterocycles. The summed E-state index contributed by atoms with van der Waals surface area (Å²) >= 11 is 0. The first-order chi connectivity index (χ1) is 9.02. The van der Waals surface area contributed by atoms with E-state index < -0.39 is 6.10 Å². The highest BCUT2D eigenvalue weighted by molar-refractivity contribution is 5.99. The molecule has 19 heavy (non-hydrogen) atoms. The molecule has 1 aliphatic rings. The number of hydrogen-bond acceptors (Lipinski definition) is 3. The zero-order valence-corrected chi connectivity index (χ0v) is 11.7. The van der Waals surface area contributed by atoms with Gasteiger partial charge >= 0.3 is 0 Å². The zero-order chi connectivity index (χ0) is 14.0. The minimum Gasteiger partial charge on any atom is -0.479 e. The normalized spacial score (nSPS) is 18.5. The van der Waals surface area contributed by atoms with Gasteiger partial charge in [-0.3, -0.25) is 4.79 Å². The van der Waals surface area contributed by atoms with Crippen molar-refractivity contribution in [3.05, 3.63) is 23.8 Å². The van der Waals surface area contributed by atoms with Crippen molar-refractivity contribution in [3.63, 3.8) is 0 Å². The van der Waals surface area contributed by atoms with E-state index in [1.54, 1.807) is 11.8 Å². The molecule has 1 N–H and O–H groups in total. The van der Waals surface area contributed by atoms with Gasteiger partial charge in [-0.1, -0.05) is 19.9 Å². The summed E-state index contributed by atoms with van der Waals surface area (Å²) in [4.78, 5) is 14.0. The van der Waals surface area contributed by atoms with Gasteiger partial charge in [0.25, 0.3) is 5.91 Å². The quantitative estimate of drug-likeness (QED) is 0.907. The molecule has 1 heterocycles. The summed E-state index contributed by atoms with van der Waals surface area (Å²) in [5, 5.41) is 9.22. The summed E-state index contributed by atoms with van der Waals surface area (Å²) < 4.78 is 5.61. The number of carbonyl (C=O) groups is 1. The van der Waals surface area contributed by atoms with Gasteiger partial charge in [-0.2, -0.15) is 0 Å². The van der Waals surface area contributed by atoms with Gasteiger partial charge in [0.2, 0.25) is 0 Å². The number of aliphatic hydroxyl groups is 1. The molecule has 1 aromatic rings. The topological polar surface area (TPSA) is 49.8 Å². The van der Waals surface area contributed by atoms with Crippen LogP contribution in [0.15, 0.2) is 18.2 Å². The third-order valence-electron chi connectivity index (χ3n) is 3.34. The van der Waals surface area contributed by atoms with Crippen LogP contribution in [-0.2, 0) is 11.4 Å². The van der Waals surface area contributed by atoms with Crippen molar-refractivity contribution >= 4 is 11.6 Å². The molecule has 0 saturated carbocycles. The minimum atomic E-state index is -0.445. The van der Waals surface area contributed by atoms with Gasteiger partial charge < -0.3 is 14.7 Å². The first-order valence-electron chi connectivity index (χ1n) is 6.74. The Balaban J connectivity index is 2.33. The third kappa shape index (κ3) is 2.89. The Morgan fingerprint density at radius 3 is 2.79 bits per heavy atom. The number of fused-ring (bicyclic) bond motifs is 1. The van der Waals surface area contributed by atoms with Crippen molar-refractivity contribution in [2.24, 2.45) is 5.92 Å². The lowest BCUT2D eigenvalue weighted by Gasteiger charge is -2.33. The van der Waals surface area contributed by atoms with Crippen LogP contribution in [0.3, 0.4) is 0 Å². The first-order valence-corrected chi connectivity index (χ1v) is 6.74. The van der Waals surface area contributed by atoms with Crippen molar-refractivity contribution < 1.29 is 14.6 Å². The molecule has 1 atom stereocenters. The highest BCUT2D eigenvalue weighted by Gasteiger charge is 2.31. The number of anilines is 1. The lowest BCUT2D eigenvalue weighted by atomic mass is 10.1. The van der Waals surface area contributed by atoms with E-state index in [4.69, 9.17) is 4.74 Å². The van der Waals surface area contributed by atoms with Crippen molar-refractivity contribution in [1.82, 2.24) is 0 Å². The van der Waals surface area contributed by atoms with Gasteiger partial charge in [-0.05, 0) is 37.0 Å². The van der Waals surface area contributed by atoms with E-state index in [-0.39, 0.29) is 12.5 Å². The standard InChI is InChI=1S/C15H21NO3/c1-10(2)6-7-16-13-8-12(9-17)4-5-14(13)19-11(3)15(16)18/h4-5,8,10-11,17H,6-7,9H2,1-3H3. The van der Waals surface area contributed by atoms with Gasteiger partial charge in [-0.25, -0.2) is 0 Å². The molecule has 1 aliphatic heterocycles. The van der Waals surface area contributed by atoms with E-state index in [1.165, 1.54) is 0 Å². The minimum absolute atomic E-state index is 0.0109. The Morgan fingerprint density at radius 1 is 1.42 bits per heavy atom. The van der Waals surface area contributed by atoms with E-state index in [2.05, 4.69) is 13.8 Å². The fourth-order valence-electron chi connectivity index (χ4n) is 2.17. The largest absolute Gasteiger partial charge is 0.479 e. The summed E-state index contributed by atoms with van der Waals surface area (Å²) in [7, 11) is 0. The summed E-state index contributed by atoms with van der Waals surface area (Å²) in [6.45, 7) is 6.70. The van der Waals surface area contributed by atoms with Crippen LogP contribution >= 0.6 is 0 Å². The molecule has 1 unspecified atom stereocenters. The molecule has 104 valence electrons. The van der Waals surface area contributed by atoms with Crippen LogP contribution in [0, 0.1) is 5.92 Å². The van der Waals surface area contributed by atoms with Crippen LogP contribution in [0.4, 0.5) is 5.69 Å². The number of hydrogen-bond donors (Lipinski definition) is 1. The van der Waals surface area contributed by atoms with Crippen LogP contribution < -0.4 is 9.64 Å². The van der Waals surface area contributed by atoms with Crippen molar-refractivity contribution in [2.75, 3.05) is 11.4 Å². The lowest BCUT2D eigenvalue weighted by Crippen LogP contribution is -2.45. The smallest absolute Gasteiger partial charge is 0.267 e. The van der Waals surface area contributed by atoms with E-state index in [9.17, 15) is 9.90 Å². The number of benzene rings is 1. The van der Waals surface area contributed by atoms with Crippen molar-refractivity contribution in [3.8, 4) is 5.75 Å². The maximum atomic E-state index is 12.2. The second-order valence-electron chi connectivity index (χ2n) is 5.39. The molecule has 0 aromatic heterocycles. The Bertz CT molecular complexity index is 470. The summed E-state index contributed by atoms with van der Waals surface area (Å²) in [6, 6.07) is 5.48.